The van der Waals surface area contributed by atoms with Gasteiger partial charge in [0.15, 0.2) is 0 Å². The molecule has 0 bridgehead atoms. The SMILES string of the molecule is CNC1CCN(Cc2ccncn2)CC1. The van der Waals surface area contributed by atoms with Crippen molar-refractivity contribution in [1.29, 1.82) is 0 Å². The van der Waals surface area contributed by atoms with Crippen molar-refractivity contribution >= 4 is 0 Å². The number of rotatable bonds is 3. The third kappa shape index (κ3) is 2.97. The van der Waals surface area contributed by atoms with E-state index in [0.717, 1.165) is 25.3 Å². The fourth-order valence-electron chi connectivity index (χ4n) is 2.02. The van der Waals surface area contributed by atoms with Crippen molar-refractivity contribution in [1.82, 2.24) is 20.2 Å². The summed E-state index contributed by atoms with van der Waals surface area (Å²) < 4.78 is 0. The van der Waals surface area contributed by atoms with Crippen molar-refractivity contribution in [2.24, 2.45) is 0 Å². The molecule has 1 aliphatic heterocycles. The molecule has 1 fully saturated rings. The van der Waals surface area contributed by atoms with Crippen LogP contribution in [0.2, 0.25) is 0 Å². The molecular weight excluding hydrogens is 188 g/mol. The second-order valence-corrected chi connectivity index (χ2v) is 4.04. The quantitative estimate of drug-likeness (QED) is 0.789. The Hall–Kier alpha value is -1.00. The molecule has 2 heterocycles. The summed E-state index contributed by atoms with van der Waals surface area (Å²) in [6.07, 6.45) is 5.90. The molecule has 0 amide bonds. The lowest BCUT2D eigenvalue weighted by Crippen LogP contribution is -2.40. The summed E-state index contributed by atoms with van der Waals surface area (Å²) in [5.74, 6) is 0. The van der Waals surface area contributed by atoms with Crippen LogP contribution in [-0.2, 0) is 6.54 Å². The first-order valence-electron chi connectivity index (χ1n) is 5.53. The predicted octanol–water partition coefficient (Wildman–Crippen LogP) is 0.660. The lowest BCUT2D eigenvalue weighted by molar-refractivity contribution is 0.192. The van der Waals surface area contributed by atoms with E-state index in [1.807, 2.05) is 19.3 Å². The Morgan fingerprint density at radius 2 is 2.27 bits per heavy atom. The number of nitrogens with one attached hydrogen (secondary N) is 1. The van der Waals surface area contributed by atoms with Gasteiger partial charge in [0.2, 0.25) is 0 Å². The Bertz CT molecular complexity index is 280. The molecule has 0 saturated carbocycles. The molecule has 0 atom stereocenters. The lowest BCUT2D eigenvalue weighted by atomic mass is 10.1. The number of piperidine rings is 1. The average molecular weight is 206 g/mol. The summed E-state index contributed by atoms with van der Waals surface area (Å²) in [6.45, 7) is 3.28. The minimum Gasteiger partial charge on any atom is -0.317 e. The topological polar surface area (TPSA) is 41.0 Å². The molecule has 1 saturated heterocycles. The Kier molecular flexibility index (Phi) is 3.64. The second-order valence-electron chi connectivity index (χ2n) is 4.04. The highest BCUT2D eigenvalue weighted by Gasteiger charge is 2.17. The van der Waals surface area contributed by atoms with Gasteiger partial charge in [-0.05, 0) is 26.0 Å². The number of hydrogen-bond donors (Lipinski definition) is 1. The van der Waals surface area contributed by atoms with Gasteiger partial charge in [0, 0.05) is 31.9 Å². The van der Waals surface area contributed by atoms with Crippen LogP contribution in [0.1, 0.15) is 18.5 Å². The molecule has 4 nitrogen and oxygen atoms in total. The lowest BCUT2D eigenvalue weighted by Gasteiger charge is -2.31. The van der Waals surface area contributed by atoms with Gasteiger partial charge in [-0.3, -0.25) is 4.90 Å². The van der Waals surface area contributed by atoms with E-state index in [1.165, 1.54) is 12.8 Å². The van der Waals surface area contributed by atoms with Crippen molar-refractivity contribution in [2.75, 3.05) is 20.1 Å². The molecule has 0 spiro atoms. The first-order valence-corrected chi connectivity index (χ1v) is 5.53. The molecule has 0 unspecified atom stereocenters. The van der Waals surface area contributed by atoms with E-state index in [9.17, 15) is 0 Å². The third-order valence-electron chi connectivity index (χ3n) is 3.02. The van der Waals surface area contributed by atoms with Gasteiger partial charge < -0.3 is 5.32 Å². The van der Waals surface area contributed by atoms with Gasteiger partial charge in [0.25, 0.3) is 0 Å². The monoisotopic (exact) mass is 206 g/mol. The Labute approximate surface area is 90.7 Å². The highest BCUT2D eigenvalue weighted by Crippen LogP contribution is 2.11. The van der Waals surface area contributed by atoms with Gasteiger partial charge in [-0.25, -0.2) is 9.97 Å². The summed E-state index contributed by atoms with van der Waals surface area (Å²) in [5.41, 5.74) is 1.12. The zero-order valence-corrected chi connectivity index (χ0v) is 9.19. The van der Waals surface area contributed by atoms with Crippen LogP contribution in [0.5, 0.6) is 0 Å². The second kappa shape index (κ2) is 5.19. The Morgan fingerprint density at radius 1 is 1.47 bits per heavy atom. The van der Waals surface area contributed by atoms with Crippen molar-refractivity contribution in [3.63, 3.8) is 0 Å². The van der Waals surface area contributed by atoms with E-state index in [2.05, 4.69) is 20.2 Å². The highest BCUT2D eigenvalue weighted by molar-refractivity contribution is 4.97. The van der Waals surface area contributed by atoms with Gasteiger partial charge in [0.1, 0.15) is 6.33 Å². The molecule has 1 aliphatic rings. The van der Waals surface area contributed by atoms with Crippen molar-refractivity contribution in [3.8, 4) is 0 Å². The van der Waals surface area contributed by atoms with Crippen LogP contribution in [0.15, 0.2) is 18.6 Å². The minimum atomic E-state index is 0.701. The third-order valence-corrected chi connectivity index (χ3v) is 3.02. The standard InChI is InChI=1S/C11H18N4/c1-12-10-3-6-15(7-4-10)8-11-2-5-13-9-14-11/h2,5,9-10,12H,3-4,6-8H2,1H3. The van der Waals surface area contributed by atoms with Crippen LogP contribution in [-0.4, -0.2) is 41.0 Å². The fourth-order valence-corrected chi connectivity index (χ4v) is 2.02. The number of nitrogens with zero attached hydrogens (tertiary/aromatic N) is 3. The molecular formula is C11H18N4. The molecule has 1 N–H and O–H groups in total. The highest BCUT2D eigenvalue weighted by atomic mass is 15.1. The predicted molar refractivity (Wildman–Crippen MR) is 59.4 cm³/mol. The maximum Gasteiger partial charge on any atom is 0.115 e. The first kappa shape index (κ1) is 10.5. The van der Waals surface area contributed by atoms with Crippen molar-refractivity contribution < 1.29 is 0 Å². The Balaban J connectivity index is 1.82. The van der Waals surface area contributed by atoms with Gasteiger partial charge in [-0.1, -0.05) is 0 Å². The number of hydrogen-bond acceptors (Lipinski definition) is 4. The van der Waals surface area contributed by atoms with Crippen LogP contribution >= 0.6 is 0 Å². The van der Waals surface area contributed by atoms with Gasteiger partial charge >= 0.3 is 0 Å². The van der Waals surface area contributed by atoms with Crippen molar-refractivity contribution in [2.45, 2.75) is 25.4 Å². The summed E-state index contributed by atoms with van der Waals surface area (Å²) >= 11 is 0. The summed E-state index contributed by atoms with van der Waals surface area (Å²) in [4.78, 5) is 10.6. The van der Waals surface area contributed by atoms with E-state index >= 15 is 0 Å². The minimum absolute atomic E-state index is 0.701. The molecule has 1 aromatic heterocycles. The van der Waals surface area contributed by atoms with Crippen LogP contribution in [0.4, 0.5) is 0 Å². The molecule has 0 aromatic carbocycles. The van der Waals surface area contributed by atoms with Gasteiger partial charge in [-0.2, -0.15) is 0 Å². The van der Waals surface area contributed by atoms with Crippen LogP contribution in [0.3, 0.4) is 0 Å². The van der Waals surface area contributed by atoms with E-state index in [1.54, 1.807) is 6.33 Å². The molecule has 0 aliphatic carbocycles. The molecule has 15 heavy (non-hydrogen) atoms. The van der Waals surface area contributed by atoms with E-state index in [4.69, 9.17) is 0 Å². The smallest absolute Gasteiger partial charge is 0.115 e. The maximum atomic E-state index is 4.24. The van der Waals surface area contributed by atoms with Crippen molar-refractivity contribution in [3.05, 3.63) is 24.3 Å². The van der Waals surface area contributed by atoms with Gasteiger partial charge in [0.05, 0.1) is 5.69 Å². The largest absolute Gasteiger partial charge is 0.317 e. The number of likely N-dealkylation sites (tertiary alicyclic amines) is 1. The summed E-state index contributed by atoms with van der Waals surface area (Å²) in [5, 5.41) is 3.34. The molecule has 0 radical (unpaired) electrons. The van der Waals surface area contributed by atoms with Gasteiger partial charge in [-0.15, -0.1) is 0 Å². The Morgan fingerprint density at radius 3 is 2.87 bits per heavy atom. The zero-order valence-electron chi connectivity index (χ0n) is 9.19. The van der Waals surface area contributed by atoms with Crippen LogP contribution < -0.4 is 5.32 Å². The summed E-state index contributed by atoms with van der Waals surface area (Å²) in [6, 6.07) is 2.69. The first-order chi connectivity index (χ1) is 7.38. The van der Waals surface area contributed by atoms with E-state index in [0.29, 0.717) is 6.04 Å². The molecule has 4 heteroatoms. The van der Waals surface area contributed by atoms with E-state index < -0.39 is 0 Å². The zero-order chi connectivity index (χ0) is 10.5. The fraction of sp³-hybridized carbons (Fsp3) is 0.636. The van der Waals surface area contributed by atoms with Crippen LogP contribution in [0.25, 0.3) is 0 Å². The number of aromatic nitrogens is 2. The normalized spacial score (nSPS) is 19.3. The van der Waals surface area contributed by atoms with E-state index in [-0.39, 0.29) is 0 Å². The average Bonchev–Trinajstić information content (AvgIpc) is 2.31. The molecule has 1 aromatic rings. The summed E-state index contributed by atoms with van der Waals surface area (Å²) in [7, 11) is 2.05. The van der Waals surface area contributed by atoms with Crippen LogP contribution in [0, 0.1) is 0 Å². The molecule has 82 valence electrons. The maximum absolute atomic E-state index is 4.24. The molecule has 2 rings (SSSR count).